The van der Waals surface area contributed by atoms with Crippen LogP contribution in [0.3, 0.4) is 0 Å². The van der Waals surface area contributed by atoms with Crippen molar-refractivity contribution in [3.05, 3.63) is 0 Å². The molecule has 17 heavy (non-hydrogen) atoms. The number of amides is 2. The van der Waals surface area contributed by atoms with E-state index in [1.807, 2.05) is 0 Å². The maximum Gasteiger partial charge on any atom is 0.242 e. The normalized spacial score (nSPS) is 17.1. The molecule has 0 radical (unpaired) electrons. The van der Waals surface area contributed by atoms with Crippen molar-refractivity contribution in [2.24, 2.45) is 5.73 Å². The molecule has 3 N–H and O–H groups in total. The third kappa shape index (κ3) is 4.16. The third-order valence-corrected chi connectivity index (χ3v) is 3.22. The van der Waals surface area contributed by atoms with Gasteiger partial charge in [-0.15, -0.1) is 12.4 Å². The van der Waals surface area contributed by atoms with Crippen LogP contribution in [-0.2, 0) is 9.59 Å². The minimum absolute atomic E-state index is 0. The summed E-state index contributed by atoms with van der Waals surface area (Å²) in [5.74, 6) is -0.0916. The molecule has 1 rings (SSSR count). The fourth-order valence-corrected chi connectivity index (χ4v) is 2.10. The van der Waals surface area contributed by atoms with E-state index in [0.29, 0.717) is 13.0 Å². The number of likely N-dealkylation sites (N-methyl/N-ethyl adjacent to an activating group) is 1. The van der Waals surface area contributed by atoms with Crippen molar-refractivity contribution in [1.29, 1.82) is 0 Å². The van der Waals surface area contributed by atoms with Gasteiger partial charge in [-0.25, -0.2) is 0 Å². The van der Waals surface area contributed by atoms with E-state index in [1.165, 1.54) is 0 Å². The van der Waals surface area contributed by atoms with E-state index in [1.54, 1.807) is 19.0 Å². The largest absolute Gasteiger partial charge is 0.359 e. The van der Waals surface area contributed by atoms with Crippen LogP contribution in [0.2, 0.25) is 0 Å². The van der Waals surface area contributed by atoms with Crippen LogP contribution in [0, 0.1) is 0 Å². The first-order valence-corrected chi connectivity index (χ1v) is 5.74. The van der Waals surface area contributed by atoms with E-state index in [2.05, 4.69) is 5.32 Å². The fourth-order valence-electron chi connectivity index (χ4n) is 2.10. The number of hydrogen-bond acceptors (Lipinski definition) is 3. The van der Waals surface area contributed by atoms with Gasteiger partial charge in [0.25, 0.3) is 0 Å². The van der Waals surface area contributed by atoms with Crippen LogP contribution in [0.4, 0.5) is 0 Å². The molecular formula is C11H22ClN3O2. The zero-order chi connectivity index (χ0) is 12.2. The van der Waals surface area contributed by atoms with Gasteiger partial charge in [0.1, 0.15) is 0 Å². The van der Waals surface area contributed by atoms with Gasteiger partial charge in [-0.2, -0.15) is 0 Å². The van der Waals surface area contributed by atoms with Crippen molar-refractivity contribution in [3.63, 3.8) is 0 Å². The lowest BCUT2D eigenvalue weighted by Crippen LogP contribution is -2.52. The number of rotatable bonds is 4. The maximum atomic E-state index is 12.0. The van der Waals surface area contributed by atoms with E-state index < -0.39 is 5.54 Å². The molecule has 0 bridgehead atoms. The number of nitrogens with two attached hydrogens (primary N) is 1. The molecule has 0 aliphatic heterocycles. The predicted molar refractivity (Wildman–Crippen MR) is 69.0 cm³/mol. The summed E-state index contributed by atoms with van der Waals surface area (Å²) in [7, 11) is 3.30. The SMILES string of the molecule is CNC(=O)CCN(C)C(=O)C1(N)CCCC1.Cl. The lowest BCUT2D eigenvalue weighted by molar-refractivity contribution is -0.135. The van der Waals surface area contributed by atoms with E-state index in [4.69, 9.17) is 5.73 Å². The van der Waals surface area contributed by atoms with Crippen molar-refractivity contribution < 1.29 is 9.59 Å². The Morgan fingerprint density at radius 1 is 1.35 bits per heavy atom. The molecular weight excluding hydrogens is 242 g/mol. The molecule has 0 aromatic carbocycles. The van der Waals surface area contributed by atoms with E-state index in [-0.39, 0.29) is 24.2 Å². The van der Waals surface area contributed by atoms with Crippen LogP contribution < -0.4 is 11.1 Å². The van der Waals surface area contributed by atoms with Crippen LogP contribution in [0.25, 0.3) is 0 Å². The molecule has 5 nitrogen and oxygen atoms in total. The summed E-state index contributed by atoms with van der Waals surface area (Å²) in [6.45, 7) is 0.428. The average Bonchev–Trinajstić information content (AvgIpc) is 2.72. The Morgan fingerprint density at radius 3 is 2.35 bits per heavy atom. The van der Waals surface area contributed by atoms with Gasteiger partial charge < -0.3 is 16.0 Å². The van der Waals surface area contributed by atoms with Crippen LogP contribution in [0.15, 0.2) is 0 Å². The molecule has 0 spiro atoms. The van der Waals surface area contributed by atoms with Crippen molar-refractivity contribution in [3.8, 4) is 0 Å². The minimum Gasteiger partial charge on any atom is -0.359 e. The Morgan fingerprint density at radius 2 is 1.88 bits per heavy atom. The van der Waals surface area contributed by atoms with E-state index >= 15 is 0 Å². The molecule has 1 saturated carbocycles. The van der Waals surface area contributed by atoms with Gasteiger partial charge in [0, 0.05) is 27.1 Å². The zero-order valence-electron chi connectivity index (χ0n) is 10.5. The maximum absolute atomic E-state index is 12.0. The molecule has 0 aromatic heterocycles. The Hall–Kier alpha value is -0.810. The summed E-state index contributed by atoms with van der Waals surface area (Å²) in [6, 6.07) is 0. The second kappa shape index (κ2) is 6.81. The molecule has 0 aromatic rings. The van der Waals surface area contributed by atoms with Gasteiger partial charge in [0.2, 0.25) is 11.8 Å². The van der Waals surface area contributed by atoms with Crippen LogP contribution in [0.1, 0.15) is 32.1 Å². The average molecular weight is 264 g/mol. The lowest BCUT2D eigenvalue weighted by atomic mass is 9.97. The topological polar surface area (TPSA) is 75.4 Å². The number of halogens is 1. The minimum atomic E-state index is -0.683. The highest BCUT2D eigenvalue weighted by Crippen LogP contribution is 2.28. The van der Waals surface area contributed by atoms with Gasteiger partial charge >= 0.3 is 0 Å². The van der Waals surface area contributed by atoms with Gasteiger partial charge in [0.05, 0.1) is 5.54 Å². The van der Waals surface area contributed by atoms with Crippen LogP contribution >= 0.6 is 12.4 Å². The summed E-state index contributed by atoms with van der Waals surface area (Å²) in [5.41, 5.74) is 5.37. The first kappa shape index (κ1) is 16.2. The van der Waals surface area contributed by atoms with Crippen molar-refractivity contribution in [2.75, 3.05) is 20.6 Å². The molecule has 100 valence electrons. The Kier molecular flexibility index (Phi) is 6.49. The summed E-state index contributed by atoms with van der Waals surface area (Å²) in [5, 5.41) is 2.53. The lowest BCUT2D eigenvalue weighted by Gasteiger charge is -2.28. The zero-order valence-corrected chi connectivity index (χ0v) is 11.3. The molecule has 0 atom stereocenters. The van der Waals surface area contributed by atoms with Gasteiger partial charge in [0.15, 0.2) is 0 Å². The summed E-state index contributed by atoms with van der Waals surface area (Å²) in [6.07, 6.45) is 3.89. The quantitative estimate of drug-likeness (QED) is 0.765. The molecule has 0 saturated heterocycles. The monoisotopic (exact) mass is 263 g/mol. The summed E-state index contributed by atoms with van der Waals surface area (Å²) >= 11 is 0. The number of hydrogen-bond donors (Lipinski definition) is 2. The Labute approximate surface area is 109 Å². The second-order valence-electron chi connectivity index (χ2n) is 4.51. The Balaban J connectivity index is 0.00000256. The van der Waals surface area contributed by atoms with Crippen LogP contribution in [-0.4, -0.2) is 42.9 Å². The predicted octanol–water partition coefficient (Wildman–Crippen LogP) is 0.274. The van der Waals surface area contributed by atoms with Gasteiger partial charge in [-0.05, 0) is 12.8 Å². The molecule has 1 fully saturated rings. The number of carbonyl (C=O) groups excluding carboxylic acids is 2. The summed E-state index contributed by atoms with van der Waals surface area (Å²) < 4.78 is 0. The first-order chi connectivity index (χ1) is 7.49. The highest BCUT2D eigenvalue weighted by Gasteiger charge is 2.38. The highest BCUT2D eigenvalue weighted by molar-refractivity contribution is 5.86. The van der Waals surface area contributed by atoms with Crippen molar-refractivity contribution in [1.82, 2.24) is 10.2 Å². The second-order valence-corrected chi connectivity index (χ2v) is 4.51. The van der Waals surface area contributed by atoms with Crippen molar-refractivity contribution in [2.45, 2.75) is 37.6 Å². The van der Waals surface area contributed by atoms with Crippen LogP contribution in [0.5, 0.6) is 0 Å². The smallest absolute Gasteiger partial charge is 0.242 e. The fraction of sp³-hybridized carbons (Fsp3) is 0.818. The standard InChI is InChI=1S/C11H21N3O2.ClH/c1-13-9(15)5-8-14(2)10(16)11(12)6-3-4-7-11;/h3-8,12H2,1-2H3,(H,13,15);1H. The highest BCUT2D eigenvalue weighted by atomic mass is 35.5. The molecule has 1 aliphatic rings. The molecule has 0 heterocycles. The van der Waals surface area contributed by atoms with Gasteiger partial charge in [-0.3, -0.25) is 9.59 Å². The number of carbonyl (C=O) groups is 2. The molecule has 6 heteroatoms. The Bertz CT molecular complexity index is 278. The van der Waals surface area contributed by atoms with Crippen molar-refractivity contribution >= 4 is 24.2 Å². The first-order valence-electron chi connectivity index (χ1n) is 5.74. The van der Waals surface area contributed by atoms with Gasteiger partial charge in [-0.1, -0.05) is 12.8 Å². The number of nitrogens with one attached hydrogen (secondary N) is 1. The molecule has 2 amide bonds. The third-order valence-electron chi connectivity index (χ3n) is 3.22. The molecule has 1 aliphatic carbocycles. The number of nitrogens with zero attached hydrogens (tertiary/aromatic N) is 1. The summed E-state index contributed by atoms with van der Waals surface area (Å²) in [4.78, 5) is 24.7. The van der Waals surface area contributed by atoms with E-state index in [9.17, 15) is 9.59 Å². The molecule has 0 unspecified atom stereocenters. The van der Waals surface area contributed by atoms with E-state index in [0.717, 1.165) is 25.7 Å².